The molecular formula is C14H15FN4OS. The van der Waals surface area contributed by atoms with Gasteiger partial charge in [0.05, 0.1) is 6.04 Å². The Morgan fingerprint density at radius 1 is 1.33 bits per heavy atom. The zero-order chi connectivity index (χ0) is 14.7. The predicted molar refractivity (Wildman–Crippen MR) is 78.5 cm³/mol. The predicted octanol–water partition coefficient (Wildman–Crippen LogP) is 3.34. The second kappa shape index (κ2) is 6.17. The van der Waals surface area contributed by atoms with Crippen LogP contribution in [-0.4, -0.2) is 16.2 Å². The quantitative estimate of drug-likeness (QED) is 0.910. The van der Waals surface area contributed by atoms with Gasteiger partial charge in [0.25, 0.3) is 0 Å². The molecular weight excluding hydrogens is 291 g/mol. The van der Waals surface area contributed by atoms with E-state index < -0.39 is 0 Å². The number of amides is 2. The van der Waals surface area contributed by atoms with Gasteiger partial charge < -0.3 is 5.32 Å². The number of aromatic nitrogens is 2. The molecule has 1 aromatic carbocycles. The van der Waals surface area contributed by atoms with E-state index in [0.717, 1.165) is 18.4 Å². The lowest BCUT2D eigenvalue weighted by molar-refractivity contribution is 0.216. The first kappa shape index (κ1) is 13.9. The minimum atomic E-state index is -0.312. The van der Waals surface area contributed by atoms with Crippen molar-refractivity contribution in [1.82, 2.24) is 15.5 Å². The van der Waals surface area contributed by atoms with E-state index in [9.17, 15) is 9.18 Å². The number of hydrogen-bond donors (Lipinski definition) is 2. The molecule has 3 rings (SSSR count). The SMILES string of the molecule is O=C(Nc1nncs1)N[C@H](c1ccc(F)cc1)C1CCC1. The molecule has 110 valence electrons. The van der Waals surface area contributed by atoms with Gasteiger partial charge in [0.1, 0.15) is 11.3 Å². The number of urea groups is 1. The summed E-state index contributed by atoms with van der Waals surface area (Å²) in [7, 11) is 0. The second-order valence-corrected chi connectivity index (χ2v) is 5.90. The van der Waals surface area contributed by atoms with Crippen LogP contribution in [0.5, 0.6) is 0 Å². The molecule has 0 unspecified atom stereocenters. The van der Waals surface area contributed by atoms with Gasteiger partial charge in [-0.3, -0.25) is 5.32 Å². The van der Waals surface area contributed by atoms with E-state index >= 15 is 0 Å². The molecule has 1 aromatic heterocycles. The normalized spacial score (nSPS) is 16.0. The Hall–Kier alpha value is -2.02. The molecule has 2 amide bonds. The molecule has 1 atom stereocenters. The highest BCUT2D eigenvalue weighted by atomic mass is 32.1. The Balaban J connectivity index is 1.70. The first-order chi connectivity index (χ1) is 10.2. The highest BCUT2D eigenvalue weighted by Crippen LogP contribution is 2.37. The Kier molecular flexibility index (Phi) is 4.10. The lowest BCUT2D eigenvalue weighted by Gasteiger charge is -2.34. The summed E-state index contributed by atoms with van der Waals surface area (Å²) in [5.41, 5.74) is 2.48. The van der Waals surface area contributed by atoms with E-state index in [1.54, 1.807) is 17.6 Å². The molecule has 1 aliphatic carbocycles. The Labute approximate surface area is 125 Å². The number of nitrogens with zero attached hydrogens (tertiary/aromatic N) is 2. The van der Waals surface area contributed by atoms with Crippen molar-refractivity contribution in [2.24, 2.45) is 5.92 Å². The van der Waals surface area contributed by atoms with E-state index in [4.69, 9.17) is 0 Å². The van der Waals surface area contributed by atoms with E-state index in [2.05, 4.69) is 20.8 Å². The lowest BCUT2D eigenvalue weighted by Crippen LogP contribution is -2.38. The van der Waals surface area contributed by atoms with Gasteiger partial charge in [-0.2, -0.15) is 0 Å². The van der Waals surface area contributed by atoms with Crippen molar-refractivity contribution in [3.8, 4) is 0 Å². The Morgan fingerprint density at radius 2 is 2.10 bits per heavy atom. The first-order valence-corrected chi connectivity index (χ1v) is 7.69. The molecule has 0 aliphatic heterocycles. The van der Waals surface area contributed by atoms with Crippen LogP contribution in [0.25, 0.3) is 0 Å². The van der Waals surface area contributed by atoms with Gasteiger partial charge in [-0.25, -0.2) is 9.18 Å². The molecule has 0 saturated heterocycles. The van der Waals surface area contributed by atoms with Crippen LogP contribution in [0.1, 0.15) is 30.9 Å². The summed E-state index contributed by atoms with van der Waals surface area (Å²) in [6, 6.07) is 5.88. The molecule has 7 heteroatoms. The minimum Gasteiger partial charge on any atom is -0.331 e. The summed E-state index contributed by atoms with van der Waals surface area (Å²) < 4.78 is 13.0. The van der Waals surface area contributed by atoms with E-state index in [0.29, 0.717) is 11.0 Å². The van der Waals surface area contributed by atoms with Crippen molar-refractivity contribution in [2.45, 2.75) is 25.3 Å². The minimum absolute atomic E-state index is 0.104. The summed E-state index contributed by atoms with van der Waals surface area (Å²) in [4.78, 5) is 12.0. The number of hydrogen-bond acceptors (Lipinski definition) is 4. The molecule has 2 N–H and O–H groups in total. The van der Waals surface area contributed by atoms with E-state index in [-0.39, 0.29) is 17.9 Å². The molecule has 1 fully saturated rings. The van der Waals surface area contributed by atoms with Gasteiger partial charge in [0, 0.05) is 0 Å². The third kappa shape index (κ3) is 3.36. The van der Waals surface area contributed by atoms with Crippen LogP contribution < -0.4 is 10.6 Å². The summed E-state index contributed by atoms with van der Waals surface area (Å²) in [5, 5.41) is 13.5. The average Bonchev–Trinajstić information content (AvgIpc) is 2.89. The first-order valence-electron chi connectivity index (χ1n) is 6.81. The maximum atomic E-state index is 13.0. The van der Waals surface area contributed by atoms with Crippen molar-refractivity contribution < 1.29 is 9.18 Å². The largest absolute Gasteiger partial charge is 0.331 e. The summed E-state index contributed by atoms with van der Waals surface area (Å²) in [6.45, 7) is 0. The average molecular weight is 306 g/mol. The van der Waals surface area contributed by atoms with Gasteiger partial charge in [-0.1, -0.05) is 29.9 Å². The summed E-state index contributed by atoms with van der Waals surface area (Å²) >= 11 is 1.26. The van der Waals surface area contributed by atoms with Crippen LogP contribution in [0.3, 0.4) is 0 Å². The molecule has 0 spiro atoms. The van der Waals surface area contributed by atoms with Gasteiger partial charge >= 0.3 is 6.03 Å². The molecule has 21 heavy (non-hydrogen) atoms. The Bertz CT molecular complexity index is 598. The molecule has 1 aliphatic rings. The monoisotopic (exact) mass is 306 g/mol. The standard InChI is InChI=1S/C14H15FN4OS/c15-11-6-4-10(5-7-11)12(9-2-1-3-9)17-13(20)18-14-19-16-8-21-14/h4-9,12H,1-3H2,(H2,17,18,19,20)/t12-/m0/s1. The maximum Gasteiger partial charge on any atom is 0.321 e. The van der Waals surface area contributed by atoms with Crippen molar-refractivity contribution in [1.29, 1.82) is 0 Å². The third-order valence-corrected chi connectivity index (χ3v) is 4.32. The van der Waals surface area contributed by atoms with Crippen molar-refractivity contribution in [3.63, 3.8) is 0 Å². The fourth-order valence-corrected chi connectivity index (χ4v) is 2.86. The van der Waals surface area contributed by atoms with Crippen LogP contribution in [0.15, 0.2) is 29.8 Å². The summed E-state index contributed by atoms with van der Waals surface area (Å²) in [6.07, 6.45) is 3.31. The molecule has 0 radical (unpaired) electrons. The number of nitrogens with one attached hydrogen (secondary N) is 2. The number of anilines is 1. The highest BCUT2D eigenvalue weighted by molar-refractivity contribution is 7.13. The van der Waals surface area contributed by atoms with Gasteiger partial charge in [0.15, 0.2) is 0 Å². The number of halogens is 1. The van der Waals surface area contributed by atoms with Crippen molar-refractivity contribution >= 4 is 22.5 Å². The maximum absolute atomic E-state index is 13.0. The van der Waals surface area contributed by atoms with Gasteiger partial charge in [-0.15, -0.1) is 10.2 Å². The number of benzene rings is 1. The van der Waals surface area contributed by atoms with Crippen LogP contribution in [0.2, 0.25) is 0 Å². The molecule has 2 aromatic rings. The van der Waals surface area contributed by atoms with Crippen LogP contribution in [-0.2, 0) is 0 Å². The second-order valence-electron chi connectivity index (χ2n) is 5.06. The van der Waals surface area contributed by atoms with Crippen LogP contribution in [0, 0.1) is 11.7 Å². The van der Waals surface area contributed by atoms with Crippen molar-refractivity contribution in [3.05, 3.63) is 41.2 Å². The lowest BCUT2D eigenvalue weighted by atomic mass is 9.77. The third-order valence-electron chi connectivity index (χ3n) is 3.72. The van der Waals surface area contributed by atoms with Crippen LogP contribution >= 0.6 is 11.3 Å². The molecule has 1 heterocycles. The summed E-state index contributed by atoms with van der Waals surface area (Å²) in [5.74, 6) is 0.125. The van der Waals surface area contributed by atoms with E-state index in [1.165, 1.54) is 29.9 Å². The van der Waals surface area contributed by atoms with E-state index in [1.807, 2.05) is 0 Å². The number of carbonyl (C=O) groups is 1. The number of rotatable bonds is 4. The topological polar surface area (TPSA) is 66.9 Å². The zero-order valence-corrected chi connectivity index (χ0v) is 12.1. The smallest absolute Gasteiger partial charge is 0.321 e. The number of carbonyl (C=O) groups excluding carboxylic acids is 1. The fourth-order valence-electron chi connectivity index (χ4n) is 2.42. The molecule has 5 nitrogen and oxygen atoms in total. The zero-order valence-electron chi connectivity index (χ0n) is 11.3. The highest BCUT2D eigenvalue weighted by Gasteiger charge is 2.29. The fraction of sp³-hybridized carbons (Fsp3) is 0.357. The van der Waals surface area contributed by atoms with Gasteiger partial charge in [-0.05, 0) is 36.5 Å². The Morgan fingerprint density at radius 3 is 2.67 bits per heavy atom. The molecule has 0 bridgehead atoms. The van der Waals surface area contributed by atoms with Crippen LogP contribution in [0.4, 0.5) is 14.3 Å². The van der Waals surface area contributed by atoms with Gasteiger partial charge in [0.2, 0.25) is 5.13 Å². The molecule has 1 saturated carbocycles. The van der Waals surface area contributed by atoms with Crippen molar-refractivity contribution in [2.75, 3.05) is 5.32 Å².